The molecule has 1 saturated carbocycles. The Morgan fingerprint density at radius 2 is 1.77 bits per heavy atom. The zero-order valence-corrected chi connectivity index (χ0v) is 17.6. The molecule has 0 aliphatic heterocycles. The molecule has 3 aromatic rings. The number of carbonyl (C=O) groups excluding carboxylic acids is 2. The second kappa shape index (κ2) is 9.66. The monoisotopic (exact) mass is 438 g/mol. The number of rotatable bonds is 6. The molecular formula is C23H23ClN4O3. The number of aromatic nitrogens is 2. The summed E-state index contributed by atoms with van der Waals surface area (Å²) < 4.78 is 7.06. The number of hydrogen-bond acceptors (Lipinski definition) is 4. The molecule has 0 spiro atoms. The third kappa shape index (κ3) is 5.24. The van der Waals surface area contributed by atoms with Gasteiger partial charge in [-0.1, -0.05) is 35.9 Å². The Morgan fingerprint density at radius 1 is 1.03 bits per heavy atom. The predicted octanol–water partition coefficient (Wildman–Crippen LogP) is 5.50. The van der Waals surface area contributed by atoms with Gasteiger partial charge in [-0.15, -0.1) is 0 Å². The highest BCUT2D eigenvalue weighted by atomic mass is 35.5. The van der Waals surface area contributed by atoms with E-state index in [-0.39, 0.29) is 12.1 Å². The minimum Gasteiger partial charge on any atom is -0.465 e. The van der Waals surface area contributed by atoms with Gasteiger partial charge in [0, 0.05) is 17.4 Å². The lowest BCUT2D eigenvalue weighted by atomic mass is 9.93. The molecule has 0 bridgehead atoms. The molecule has 4 rings (SSSR count). The number of hydrogen-bond donors (Lipinski definition) is 2. The molecular weight excluding hydrogens is 416 g/mol. The molecule has 0 unspecified atom stereocenters. The first-order chi connectivity index (χ1) is 15.1. The Morgan fingerprint density at radius 3 is 2.48 bits per heavy atom. The van der Waals surface area contributed by atoms with Gasteiger partial charge in [-0.2, -0.15) is 5.10 Å². The predicted molar refractivity (Wildman–Crippen MR) is 120 cm³/mol. The van der Waals surface area contributed by atoms with Crippen LogP contribution in [0.4, 0.5) is 16.2 Å². The Balaban J connectivity index is 1.35. The van der Waals surface area contributed by atoms with Crippen LogP contribution in [-0.2, 0) is 9.53 Å². The van der Waals surface area contributed by atoms with Crippen LogP contribution in [0.15, 0.2) is 60.8 Å². The Labute approximate surface area is 185 Å². The number of nitrogens with zero attached hydrogens (tertiary/aromatic N) is 2. The molecule has 8 heteroatoms. The number of para-hydroxylation sites is 1. The number of nitrogens with one attached hydrogen (secondary N) is 2. The van der Waals surface area contributed by atoms with E-state index < -0.39 is 0 Å². The van der Waals surface area contributed by atoms with E-state index in [2.05, 4.69) is 10.6 Å². The van der Waals surface area contributed by atoms with Gasteiger partial charge in [-0.05, 0) is 56.0 Å². The summed E-state index contributed by atoms with van der Waals surface area (Å²) in [5, 5.41) is 10.7. The van der Waals surface area contributed by atoms with Gasteiger partial charge < -0.3 is 15.4 Å². The maximum absolute atomic E-state index is 12.2. The van der Waals surface area contributed by atoms with Crippen molar-refractivity contribution in [1.29, 1.82) is 0 Å². The summed E-state index contributed by atoms with van der Waals surface area (Å²) in [6.07, 6.45) is 5.60. The summed E-state index contributed by atoms with van der Waals surface area (Å²) in [4.78, 5) is 22.7. The van der Waals surface area contributed by atoms with Gasteiger partial charge in [0.25, 0.3) is 6.47 Å². The minimum absolute atomic E-state index is 0.0268. The smallest absolute Gasteiger partial charge is 0.323 e. The van der Waals surface area contributed by atoms with Gasteiger partial charge in [0.2, 0.25) is 0 Å². The highest BCUT2D eigenvalue weighted by Crippen LogP contribution is 2.30. The van der Waals surface area contributed by atoms with Crippen LogP contribution >= 0.6 is 11.6 Å². The standard InChI is InChI=1S/C23H23ClN4O3/c24-20-3-1-2-4-22(20)26-23(30)25-17-7-5-16(6-8-17)21-13-14-28(27-21)18-9-11-19(12-10-18)31-15-29/h1-8,13-15,18-19H,9-12H2,(H2,25,26,30). The van der Waals surface area contributed by atoms with Crippen LogP contribution < -0.4 is 10.6 Å². The van der Waals surface area contributed by atoms with Gasteiger partial charge in [0.15, 0.2) is 0 Å². The largest absolute Gasteiger partial charge is 0.465 e. The first-order valence-corrected chi connectivity index (χ1v) is 10.6. The van der Waals surface area contributed by atoms with Gasteiger partial charge >= 0.3 is 6.03 Å². The summed E-state index contributed by atoms with van der Waals surface area (Å²) >= 11 is 6.07. The number of halogens is 1. The first kappa shape index (κ1) is 20.9. The second-order valence-electron chi connectivity index (χ2n) is 7.48. The summed E-state index contributed by atoms with van der Waals surface area (Å²) in [7, 11) is 0. The topological polar surface area (TPSA) is 85.2 Å². The van der Waals surface area contributed by atoms with E-state index in [1.807, 2.05) is 41.2 Å². The Kier molecular flexibility index (Phi) is 6.52. The average molecular weight is 439 g/mol. The van der Waals surface area contributed by atoms with E-state index >= 15 is 0 Å². The van der Waals surface area contributed by atoms with Gasteiger partial charge in [0.05, 0.1) is 22.4 Å². The van der Waals surface area contributed by atoms with Crippen LogP contribution in [-0.4, -0.2) is 28.4 Å². The SMILES string of the molecule is O=COC1CCC(n2ccc(-c3ccc(NC(=O)Nc4ccccc4Cl)cc3)n2)CC1. The van der Waals surface area contributed by atoms with E-state index in [9.17, 15) is 9.59 Å². The lowest BCUT2D eigenvalue weighted by molar-refractivity contribution is -0.135. The summed E-state index contributed by atoms with van der Waals surface area (Å²) in [6, 6.07) is 16.5. The van der Waals surface area contributed by atoms with Crippen molar-refractivity contribution in [3.8, 4) is 11.3 Å². The number of ether oxygens (including phenoxy) is 1. The van der Waals surface area contributed by atoms with Crippen molar-refractivity contribution in [2.75, 3.05) is 10.6 Å². The molecule has 1 heterocycles. The van der Waals surface area contributed by atoms with Crippen LogP contribution in [0.25, 0.3) is 11.3 Å². The number of urea groups is 1. The molecule has 2 N–H and O–H groups in total. The fraction of sp³-hybridized carbons (Fsp3) is 0.261. The fourth-order valence-corrected chi connectivity index (χ4v) is 3.97. The van der Waals surface area contributed by atoms with Crippen molar-refractivity contribution in [2.45, 2.75) is 37.8 Å². The van der Waals surface area contributed by atoms with Crippen LogP contribution in [0.5, 0.6) is 0 Å². The molecule has 2 amide bonds. The molecule has 160 valence electrons. The second-order valence-corrected chi connectivity index (χ2v) is 7.89. The van der Waals surface area contributed by atoms with Crippen molar-refractivity contribution in [3.63, 3.8) is 0 Å². The molecule has 2 aromatic carbocycles. The van der Waals surface area contributed by atoms with Crippen LogP contribution in [0.3, 0.4) is 0 Å². The number of amides is 2. The van der Waals surface area contributed by atoms with Crippen LogP contribution in [0.1, 0.15) is 31.7 Å². The van der Waals surface area contributed by atoms with Gasteiger partial charge in [0.1, 0.15) is 6.10 Å². The van der Waals surface area contributed by atoms with Crippen molar-refractivity contribution in [1.82, 2.24) is 9.78 Å². The molecule has 1 aliphatic rings. The van der Waals surface area contributed by atoms with E-state index in [1.165, 1.54) is 0 Å². The number of benzene rings is 2. The zero-order chi connectivity index (χ0) is 21.6. The molecule has 1 aromatic heterocycles. The summed E-state index contributed by atoms with van der Waals surface area (Å²) in [6.45, 7) is 0.538. The minimum atomic E-state index is -0.362. The van der Waals surface area contributed by atoms with E-state index in [0.29, 0.717) is 28.9 Å². The lowest BCUT2D eigenvalue weighted by Gasteiger charge is -2.27. The molecule has 1 aliphatic carbocycles. The summed E-state index contributed by atoms with van der Waals surface area (Å²) in [5.74, 6) is 0. The lowest BCUT2D eigenvalue weighted by Crippen LogP contribution is -2.23. The molecule has 0 atom stereocenters. The molecule has 7 nitrogen and oxygen atoms in total. The van der Waals surface area contributed by atoms with Crippen molar-refractivity contribution >= 4 is 35.5 Å². The van der Waals surface area contributed by atoms with Crippen molar-refractivity contribution in [2.24, 2.45) is 0 Å². The van der Waals surface area contributed by atoms with E-state index in [4.69, 9.17) is 21.4 Å². The van der Waals surface area contributed by atoms with Crippen molar-refractivity contribution in [3.05, 3.63) is 65.8 Å². The third-order valence-electron chi connectivity index (χ3n) is 5.43. The Bertz CT molecular complexity index is 1040. The highest BCUT2D eigenvalue weighted by molar-refractivity contribution is 6.33. The molecule has 1 fully saturated rings. The van der Waals surface area contributed by atoms with Crippen LogP contribution in [0, 0.1) is 0 Å². The summed E-state index contributed by atoms with van der Waals surface area (Å²) in [5.41, 5.74) is 3.06. The number of carbonyl (C=O) groups is 2. The zero-order valence-electron chi connectivity index (χ0n) is 16.8. The molecule has 0 radical (unpaired) electrons. The van der Waals surface area contributed by atoms with E-state index in [0.717, 1.165) is 36.9 Å². The molecule has 0 saturated heterocycles. The van der Waals surface area contributed by atoms with Gasteiger partial charge in [-0.3, -0.25) is 9.48 Å². The normalized spacial score (nSPS) is 18.2. The van der Waals surface area contributed by atoms with Crippen molar-refractivity contribution < 1.29 is 14.3 Å². The quantitative estimate of drug-likeness (QED) is 0.497. The Hall–Kier alpha value is -3.32. The highest BCUT2D eigenvalue weighted by Gasteiger charge is 2.23. The average Bonchev–Trinajstić information content (AvgIpc) is 3.27. The van der Waals surface area contributed by atoms with Crippen LogP contribution in [0.2, 0.25) is 5.02 Å². The maximum atomic E-state index is 12.2. The fourth-order valence-electron chi connectivity index (χ4n) is 3.79. The number of anilines is 2. The van der Waals surface area contributed by atoms with E-state index in [1.54, 1.807) is 24.3 Å². The maximum Gasteiger partial charge on any atom is 0.323 e. The van der Waals surface area contributed by atoms with Gasteiger partial charge in [-0.25, -0.2) is 4.79 Å². The first-order valence-electron chi connectivity index (χ1n) is 10.2. The third-order valence-corrected chi connectivity index (χ3v) is 5.76. The molecule has 31 heavy (non-hydrogen) atoms.